The zero-order chi connectivity index (χ0) is 11.7. The van der Waals surface area contributed by atoms with E-state index in [1.165, 1.54) is 13.0 Å². The molecular weight excluding hydrogens is 228 g/mol. The minimum atomic E-state index is -0.635. The summed E-state index contributed by atoms with van der Waals surface area (Å²) in [6.45, 7) is 1.38. The van der Waals surface area contributed by atoms with Gasteiger partial charge in [-0.15, -0.1) is 12.6 Å². The molecule has 4 heteroatoms. The zero-order valence-corrected chi connectivity index (χ0v) is 9.43. The van der Waals surface area contributed by atoms with Gasteiger partial charge < -0.3 is 0 Å². The summed E-state index contributed by atoms with van der Waals surface area (Å²) in [6.07, 6.45) is 1.57. The topological polar surface area (TPSA) is 12.9 Å². The predicted molar refractivity (Wildman–Crippen MR) is 61.6 cm³/mol. The van der Waals surface area contributed by atoms with Crippen LogP contribution < -0.4 is 0 Å². The lowest BCUT2D eigenvalue weighted by molar-refractivity contribution is 0.552. The molecule has 0 N–H and O–H groups in total. The number of nitrogens with zero attached hydrogens (tertiary/aromatic N) is 1. The number of hydrogen-bond donors (Lipinski definition) is 1. The number of benzene rings is 1. The lowest BCUT2D eigenvalue weighted by atomic mass is 10.1. The largest absolute Gasteiger partial charge is 0.256 e. The molecular formula is C12H9F2NS. The van der Waals surface area contributed by atoms with Crippen molar-refractivity contribution < 1.29 is 8.78 Å². The van der Waals surface area contributed by atoms with Crippen LogP contribution in [0.3, 0.4) is 0 Å². The van der Waals surface area contributed by atoms with Crippen molar-refractivity contribution in [1.82, 2.24) is 4.98 Å². The molecule has 1 aromatic carbocycles. The first-order valence-corrected chi connectivity index (χ1v) is 5.15. The van der Waals surface area contributed by atoms with Crippen molar-refractivity contribution in [3.05, 3.63) is 47.7 Å². The van der Waals surface area contributed by atoms with Crippen molar-refractivity contribution in [2.75, 3.05) is 0 Å². The van der Waals surface area contributed by atoms with E-state index in [4.69, 9.17) is 0 Å². The van der Waals surface area contributed by atoms with E-state index in [-0.39, 0.29) is 10.5 Å². The van der Waals surface area contributed by atoms with Crippen LogP contribution in [0.15, 0.2) is 35.4 Å². The van der Waals surface area contributed by atoms with Crippen molar-refractivity contribution in [2.45, 2.75) is 11.8 Å². The summed E-state index contributed by atoms with van der Waals surface area (Å²) in [4.78, 5) is 4.16. The molecule has 82 valence electrons. The molecule has 0 unspecified atom stereocenters. The molecule has 2 rings (SSSR count). The molecule has 0 atom stereocenters. The number of rotatable bonds is 1. The highest BCUT2D eigenvalue weighted by Gasteiger charge is 2.14. The van der Waals surface area contributed by atoms with Crippen LogP contribution in [0.2, 0.25) is 0 Å². The first-order valence-electron chi connectivity index (χ1n) is 4.70. The smallest absolute Gasteiger partial charge is 0.143 e. The Morgan fingerprint density at radius 3 is 2.62 bits per heavy atom. The van der Waals surface area contributed by atoms with Gasteiger partial charge in [0, 0.05) is 22.2 Å². The molecule has 0 fully saturated rings. The summed E-state index contributed by atoms with van der Waals surface area (Å²) in [6, 6.07) is 6.43. The first-order chi connectivity index (χ1) is 7.61. The summed E-state index contributed by atoms with van der Waals surface area (Å²) in [5.41, 5.74) is 0.847. The Morgan fingerprint density at radius 2 is 2.00 bits per heavy atom. The summed E-state index contributed by atoms with van der Waals surface area (Å²) >= 11 is 4.06. The molecule has 2 aromatic rings. The number of halogens is 2. The van der Waals surface area contributed by atoms with Crippen LogP contribution in [-0.2, 0) is 0 Å². The maximum absolute atomic E-state index is 13.6. The van der Waals surface area contributed by atoms with Crippen molar-refractivity contribution in [3.63, 3.8) is 0 Å². The number of aromatic nitrogens is 1. The quantitative estimate of drug-likeness (QED) is 0.747. The lowest BCUT2D eigenvalue weighted by Crippen LogP contribution is -1.95. The van der Waals surface area contributed by atoms with Crippen LogP contribution in [0, 0.1) is 18.6 Å². The zero-order valence-electron chi connectivity index (χ0n) is 8.54. The van der Waals surface area contributed by atoms with Crippen LogP contribution >= 0.6 is 12.6 Å². The Kier molecular flexibility index (Phi) is 2.92. The van der Waals surface area contributed by atoms with E-state index >= 15 is 0 Å². The van der Waals surface area contributed by atoms with Gasteiger partial charge in [0.05, 0.1) is 5.69 Å². The molecule has 0 saturated heterocycles. The molecule has 0 aliphatic heterocycles. The summed E-state index contributed by atoms with van der Waals surface area (Å²) in [7, 11) is 0. The second kappa shape index (κ2) is 4.22. The third kappa shape index (κ3) is 1.80. The van der Waals surface area contributed by atoms with E-state index in [0.717, 1.165) is 0 Å². The van der Waals surface area contributed by atoms with E-state index in [1.54, 1.807) is 24.4 Å². The van der Waals surface area contributed by atoms with Crippen LogP contribution in [-0.4, -0.2) is 4.98 Å². The van der Waals surface area contributed by atoms with Gasteiger partial charge in [-0.3, -0.25) is 4.98 Å². The SMILES string of the molecule is Cc1c(F)cc(-c2ccccn2)c(S)c1F. The third-order valence-corrected chi connectivity index (χ3v) is 2.80. The average Bonchev–Trinajstić information content (AvgIpc) is 2.32. The lowest BCUT2D eigenvalue weighted by Gasteiger charge is -2.08. The van der Waals surface area contributed by atoms with Crippen LogP contribution in [0.4, 0.5) is 8.78 Å². The highest BCUT2D eigenvalue weighted by atomic mass is 32.1. The van der Waals surface area contributed by atoms with Crippen molar-refractivity contribution in [3.8, 4) is 11.3 Å². The molecule has 0 radical (unpaired) electrons. The Morgan fingerprint density at radius 1 is 1.25 bits per heavy atom. The van der Waals surface area contributed by atoms with E-state index in [0.29, 0.717) is 11.3 Å². The summed E-state index contributed by atoms with van der Waals surface area (Å²) in [5, 5.41) is 0. The highest BCUT2D eigenvalue weighted by molar-refractivity contribution is 7.80. The molecule has 0 aliphatic rings. The van der Waals surface area contributed by atoms with Crippen LogP contribution in [0.1, 0.15) is 5.56 Å². The Balaban J connectivity index is 2.68. The van der Waals surface area contributed by atoms with Gasteiger partial charge in [0.1, 0.15) is 11.6 Å². The van der Waals surface area contributed by atoms with Crippen molar-refractivity contribution in [1.29, 1.82) is 0 Å². The monoisotopic (exact) mass is 237 g/mol. The number of hydrogen-bond acceptors (Lipinski definition) is 2. The van der Waals surface area contributed by atoms with E-state index in [2.05, 4.69) is 17.6 Å². The normalized spacial score (nSPS) is 10.5. The van der Waals surface area contributed by atoms with Gasteiger partial charge in [-0.2, -0.15) is 0 Å². The second-order valence-electron chi connectivity index (χ2n) is 3.41. The Labute approximate surface area is 97.6 Å². The van der Waals surface area contributed by atoms with Gasteiger partial charge in [-0.05, 0) is 25.1 Å². The molecule has 0 saturated carbocycles. The molecule has 1 nitrogen and oxygen atoms in total. The number of pyridine rings is 1. The molecule has 0 bridgehead atoms. The number of thiol groups is 1. The second-order valence-corrected chi connectivity index (χ2v) is 3.86. The fourth-order valence-corrected chi connectivity index (χ4v) is 1.77. The van der Waals surface area contributed by atoms with E-state index in [9.17, 15) is 8.78 Å². The molecule has 1 heterocycles. The summed E-state index contributed by atoms with van der Waals surface area (Å²) < 4.78 is 27.0. The molecule has 0 spiro atoms. The molecule has 1 aromatic heterocycles. The molecule has 16 heavy (non-hydrogen) atoms. The van der Waals surface area contributed by atoms with Gasteiger partial charge in [-0.1, -0.05) is 6.07 Å². The van der Waals surface area contributed by atoms with Gasteiger partial charge in [0.2, 0.25) is 0 Å². The van der Waals surface area contributed by atoms with E-state index < -0.39 is 11.6 Å². The fourth-order valence-electron chi connectivity index (χ4n) is 1.42. The molecule has 0 amide bonds. The third-order valence-electron chi connectivity index (χ3n) is 2.36. The molecule has 0 aliphatic carbocycles. The Bertz CT molecular complexity index is 526. The van der Waals surface area contributed by atoms with Crippen molar-refractivity contribution in [2.24, 2.45) is 0 Å². The van der Waals surface area contributed by atoms with Crippen LogP contribution in [0.25, 0.3) is 11.3 Å². The average molecular weight is 237 g/mol. The van der Waals surface area contributed by atoms with Gasteiger partial charge in [0.15, 0.2) is 0 Å². The maximum atomic E-state index is 13.6. The maximum Gasteiger partial charge on any atom is 0.143 e. The Hall–Kier alpha value is -1.42. The van der Waals surface area contributed by atoms with Crippen molar-refractivity contribution >= 4 is 12.6 Å². The predicted octanol–water partition coefficient (Wildman–Crippen LogP) is 3.62. The minimum Gasteiger partial charge on any atom is -0.256 e. The van der Waals surface area contributed by atoms with Gasteiger partial charge in [-0.25, -0.2) is 8.78 Å². The minimum absolute atomic E-state index is 0.0234. The standard InChI is InChI=1S/C12H9F2NS/c1-7-9(13)6-8(12(16)11(7)14)10-4-2-3-5-15-10/h2-6,16H,1H3. The van der Waals surface area contributed by atoms with E-state index in [1.807, 2.05) is 0 Å². The van der Waals surface area contributed by atoms with Crippen LogP contribution in [0.5, 0.6) is 0 Å². The summed E-state index contributed by atoms with van der Waals surface area (Å²) in [5.74, 6) is -1.22. The highest BCUT2D eigenvalue weighted by Crippen LogP contribution is 2.30. The van der Waals surface area contributed by atoms with Gasteiger partial charge >= 0.3 is 0 Å². The first kappa shape index (κ1) is 11.1. The van der Waals surface area contributed by atoms with Gasteiger partial charge in [0.25, 0.3) is 0 Å². The fraction of sp³-hybridized carbons (Fsp3) is 0.0833.